The number of fused-ring (bicyclic) bond motifs is 1. The Balaban J connectivity index is 1.48. The zero-order chi connectivity index (χ0) is 17.2. The molecule has 6 nitrogen and oxygen atoms in total. The fourth-order valence-corrected chi connectivity index (χ4v) is 3.67. The molecule has 1 saturated heterocycles. The third-order valence-electron chi connectivity index (χ3n) is 5.17. The predicted octanol–water partition coefficient (Wildman–Crippen LogP) is 2.46. The first-order chi connectivity index (χ1) is 12.2. The van der Waals surface area contributed by atoms with Gasteiger partial charge in [-0.05, 0) is 44.2 Å². The minimum atomic E-state index is 0.496. The highest BCUT2D eigenvalue weighted by molar-refractivity contribution is 5.75. The summed E-state index contributed by atoms with van der Waals surface area (Å²) >= 11 is 0. The summed E-state index contributed by atoms with van der Waals surface area (Å²) in [5.74, 6) is 2.09. The molecule has 0 bridgehead atoms. The van der Waals surface area contributed by atoms with Gasteiger partial charge >= 0.3 is 0 Å². The Labute approximate surface area is 148 Å². The molecule has 0 aliphatic carbocycles. The van der Waals surface area contributed by atoms with Crippen LogP contribution in [-0.4, -0.2) is 50.8 Å². The molecule has 3 aromatic rings. The lowest BCUT2D eigenvalue weighted by Gasteiger charge is -2.37. The van der Waals surface area contributed by atoms with E-state index in [0.717, 1.165) is 36.8 Å². The fraction of sp³-hybridized carbons (Fsp3) is 0.421. The van der Waals surface area contributed by atoms with Gasteiger partial charge in [-0.1, -0.05) is 12.1 Å². The molecule has 2 aromatic heterocycles. The van der Waals surface area contributed by atoms with E-state index in [0.29, 0.717) is 6.04 Å². The van der Waals surface area contributed by atoms with E-state index >= 15 is 0 Å². The van der Waals surface area contributed by atoms with Gasteiger partial charge < -0.3 is 9.47 Å². The minimum Gasteiger partial charge on any atom is -0.354 e. The van der Waals surface area contributed by atoms with E-state index in [9.17, 15) is 0 Å². The van der Waals surface area contributed by atoms with Crippen LogP contribution in [0.25, 0.3) is 11.0 Å². The third kappa shape index (κ3) is 3.22. The molecule has 0 radical (unpaired) electrons. The first-order valence-corrected chi connectivity index (χ1v) is 8.85. The van der Waals surface area contributed by atoms with Crippen LogP contribution in [0.15, 0.2) is 42.6 Å². The summed E-state index contributed by atoms with van der Waals surface area (Å²) in [5.41, 5.74) is 2.26. The van der Waals surface area contributed by atoms with Crippen molar-refractivity contribution in [3.63, 3.8) is 0 Å². The number of nitrogens with zero attached hydrogens (tertiary/aromatic N) is 6. The molecule has 1 aliphatic rings. The second-order valence-corrected chi connectivity index (χ2v) is 6.81. The summed E-state index contributed by atoms with van der Waals surface area (Å²) in [4.78, 5) is 9.57. The Kier molecular flexibility index (Phi) is 4.36. The SMILES string of the molecule is CN(Cc1nc2ccccc2n1C)[C@@H]1CCCN(c2cccnn2)C1. The predicted molar refractivity (Wildman–Crippen MR) is 99.4 cm³/mol. The van der Waals surface area contributed by atoms with Crippen molar-refractivity contribution in [2.24, 2.45) is 7.05 Å². The van der Waals surface area contributed by atoms with Gasteiger partial charge in [0, 0.05) is 32.4 Å². The molecule has 0 spiro atoms. The fourth-order valence-electron chi connectivity index (χ4n) is 3.67. The lowest BCUT2D eigenvalue weighted by Crippen LogP contribution is -2.46. The molecular formula is C19H24N6. The summed E-state index contributed by atoms with van der Waals surface area (Å²) in [6.07, 6.45) is 4.11. The van der Waals surface area contributed by atoms with Crippen LogP contribution in [0.2, 0.25) is 0 Å². The van der Waals surface area contributed by atoms with Crippen LogP contribution in [0.1, 0.15) is 18.7 Å². The van der Waals surface area contributed by atoms with Crippen LogP contribution >= 0.6 is 0 Å². The van der Waals surface area contributed by atoms with Crippen LogP contribution in [0.3, 0.4) is 0 Å². The van der Waals surface area contributed by atoms with E-state index in [-0.39, 0.29) is 0 Å². The van der Waals surface area contributed by atoms with Crippen molar-refractivity contribution in [3.05, 3.63) is 48.4 Å². The normalized spacial score (nSPS) is 18.2. The van der Waals surface area contributed by atoms with Crippen molar-refractivity contribution in [1.82, 2.24) is 24.6 Å². The Morgan fingerprint density at radius 1 is 1.20 bits per heavy atom. The van der Waals surface area contributed by atoms with Crippen molar-refractivity contribution in [2.45, 2.75) is 25.4 Å². The van der Waals surface area contributed by atoms with Crippen molar-refractivity contribution in [2.75, 3.05) is 25.0 Å². The molecule has 130 valence electrons. The van der Waals surface area contributed by atoms with E-state index in [2.05, 4.69) is 56.9 Å². The van der Waals surface area contributed by atoms with Gasteiger partial charge in [-0.15, -0.1) is 5.10 Å². The smallest absolute Gasteiger partial charge is 0.151 e. The van der Waals surface area contributed by atoms with Crippen LogP contribution in [0.5, 0.6) is 0 Å². The number of para-hydroxylation sites is 2. The number of hydrogen-bond donors (Lipinski definition) is 0. The topological polar surface area (TPSA) is 50.1 Å². The van der Waals surface area contributed by atoms with Crippen LogP contribution in [0, 0.1) is 0 Å². The van der Waals surface area contributed by atoms with E-state index in [1.807, 2.05) is 18.2 Å². The molecule has 6 heteroatoms. The van der Waals surface area contributed by atoms with Gasteiger partial charge in [0.1, 0.15) is 5.82 Å². The van der Waals surface area contributed by atoms with Crippen LogP contribution in [-0.2, 0) is 13.6 Å². The maximum Gasteiger partial charge on any atom is 0.151 e. The van der Waals surface area contributed by atoms with Crippen LogP contribution in [0.4, 0.5) is 5.82 Å². The summed E-state index contributed by atoms with van der Waals surface area (Å²) in [6, 6.07) is 12.8. The molecule has 0 saturated carbocycles. The van der Waals surface area contributed by atoms with E-state index in [1.165, 1.54) is 18.4 Å². The van der Waals surface area contributed by atoms with Gasteiger partial charge in [-0.25, -0.2) is 4.98 Å². The maximum atomic E-state index is 4.81. The third-order valence-corrected chi connectivity index (χ3v) is 5.17. The Morgan fingerprint density at radius 2 is 2.08 bits per heavy atom. The number of likely N-dealkylation sites (N-methyl/N-ethyl adjacent to an activating group) is 1. The second-order valence-electron chi connectivity index (χ2n) is 6.81. The zero-order valence-corrected chi connectivity index (χ0v) is 14.8. The highest BCUT2D eigenvalue weighted by Gasteiger charge is 2.25. The molecule has 1 aliphatic heterocycles. The Morgan fingerprint density at radius 3 is 2.88 bits per heavy atom. The quantitative estimate of drug-likeness (QED) is 0.732. The number of rotatable bonds is 4. The molecule has 1 fully saturated rings. The number of aromatic nitrogens is 4. The van der Waals surface area contributed by atoms with Gasteiger partial charge in [0.15, 0.2) is 5.82 Å². The summed E-state index contributed by atoms with van der Waals surface area (Å²) in [7, 11) is 4.30. The number of anilines is 1. The lowest BCUT2D eigenvalue weighted by molar-refractivity contribution is 0.201. The highest BCUT2D eigenvalue weighted by Crippen LogP contribution is 2.22. The molecular weight excluding hydrogens is 312 g/mol. The number of benzene rings is 1. The summed E-state index contributed by atoms with van der Waals surface area (Å²) in [5, 5.41) is 8.28. The first kappa shape index (κ1) is 16.0. The average Bonchev–Trinajstić information content (AvgIpc) is 2.98. The molecule has 1 atom stereocenters. The molecule has 0 unspecified atom stereocenters. The molecule has 4 rings (SSSR count). The van der Waals surface area contributed by atoms with Crippen LogP contribution < -0.4 is 4.90 Å². The van der Waals surface area contributed by atoms with Gasteiger partial charge in [0.05, 0.1) is 17.6 Å². The average molecular weight is 336 g/mol. The van der Waals surface area contributed by atoms with Crippen molar-refractivity contribution >= 4 is 16.9 Å². The zero-order valence-electron chi connectivity index (χ0n) is 14.8. The molecule has 1 aromatic carbocycles. The first-order valence-electron chi connectivity index (χ1n) is 8.85. The Hall–Kier alpha value is -2.47. The summed E-state index contributed by atoms with van der Waals surface area (Å²) < 4.78 is 2.20. The van der Waals surface area contributed by atoms with Gasteiger partial charge in [0.2, 0.25) is 0 Å². The Bertz CT molecular complexity index is 844. The van der Waals surface area contributed by atoms with Crippen molar-refractivity contribution in [3.8, 4) is 0 Å². The van der Waals surface area contributed by atoms with E-state index in [1.54, 1.807) is 6.20 Å². The van der Waals surface area contributed by atoms with Gasteiger partial charge in [-0.2, -0.15) is 5.10 Å². The molecule has 3 heterocycles. The largest absolute Gasteiger partial charge is 0.354 e. The number of hydrogen-bond acceptors (Lipinski definition) is 5. The van der Waals surface area contributed by atoms with E-state index in [4.69, 9.17) is 4.98 Å². The highest BCUT2D eigenvalue weighted by atomic mass is 15.3. The van der Waals surface area contributed by atoms with Gasteiger partial charge in [0.25, 0.3) is 0 Å². The maximum absolute atomic E-state index is 4.81. The van der Waals surface area contributed by atoms with Crippen molar-refractivity contribution in [1.29, 1.82) is 0 Å². The molecule has 25 heavy (non-hydrogen) atoms. The van der Waals surface area contributed by atoms with Gasteiger partial charge in [-0.3, -0.25) is 4.90 Å². The monoisotopic (exact) mass is 336 g/mol. The minimum absolute atomic E-state index is 0.496. The standard InChI is InChI=1S/C19H24N6/c1-23(14-19-21-16-8-3-4-9-17(16)24(19)2)15-7-6-12-25(13-15)18-10-5-11-20-22-18/h3-5,8-11,15H,6-7,12-14H2,1-2H3/t15-/m1/s1. The van der Waals surface area contributed by atoms with Crippen molar-refractivity contribution < 1.29 is 0 Å². The summed E-state index contributed by atoms with van der Waals surface area (Å²) in [6.45, 7) is 2.89. The number of aryl methyl sites for hydroxylation is 1. The number of imidazole rings is 1. The molecule has 0 N–H and O–H groups in total. The second kappa shape index (κ2) is 6.80. The number of piperidine rings is 1. The molecule has 0 amide bonds. The van der Waals surface area contributed by atoms with E-state index < -0.39 is 0 Å². The lowest BCUT2D eigenvalue weighted by atomic mass is 10.0.